The Balaban J connectivity index is 1.35. The van der Waals surface area contributed by atoms with Crippen molar-refractivity contribution in [3.05, 3.63) is 59.9 Å². The van der Waals surface area contributed by atoms with Crippen LogP contribution in [0.3, 0.4) is 0 Å². The van der Waals surface area contributed by atoms with Crippen molar-refractivity contribution in [3.63, 3.8) is 0 Å². The summed E-state index contributed by atoms with van der Waals surface area (Å²) >= 11 is 0. The van der Waals surface area contributed by atoms with Crippen molar-refractivity contribution < 1.29 is 0 Å². The number of aromatic nitrogens is 2. The Hall–Kier alpha value is -3.06. The summed E-state index contributed by atoms with van der Waals surface area (Å²) < 4.78 is 0. The number of hydrogen-bond donors (Lipinski definition) is 3. The molecule has 4 rings (SSSR count). The zero-order chi connectivity index (χ0) is 21.5. The van der Waals surface area contributed by atoms with Gasteiger partial charge in [0.1, 0.15) is 5.82 Å². The molecule has 3 aromatic rings. The second-order valence-electron chi connectivity index (χ2n) is 8.04. The van der Waals surface area contributed by atoms with Crippen LogP contribution < -0.4 is 15.5 Å². The number of likely N-dealkylation sites (N-methyl/N-ethyl adjacent to an activating group) is 1. The van der Waals surface area contributed by atoms with Crippen LogP contribution in [0.25, 0.3) is 10.9 Å². The Morgan fingerprint density at radius 1 is 1.13 bits per heavy atom. The van der Waals surface area contributed by atoms with Crippen LogP contribution in [0.4, 0.5) is 5.82 Å². The molecule has 7 nitrogen and oxygen atoms in total. The molecule has 2 aromatic heterocycles. The van der Waals surface area contributed by atoms with Crippen LogP contribution in [0.5, 0.6) is 0 Å². The Morgan fingerprint density at radius 2 is 1.97 bits per heavy atom. The number of nitrogens with zero attached hydrogens (tertiary/aromatic N) is 4. The lowest BCUT2D eigenvalue weighted by Crippen LogP contribution is -2.44. The number of aliphatic imine (C=N–C) groups is 1. The normalized spacial score (nSPS) is 15.4. The Morgan fingerprint density at radius 3 is 2.81 bits per heavy atom. The van der Waals surface area contributed by atoms with E-state index in [0.29, 0.717) is 6.54 Å². The predicted octanol–water partition coefficient (Wildman–Crippen LogP) is 2.61. The fourth-order valence-electron chi connectivity index (χ4n) is 3.93. The van der Waals surface area contributed by atoms with E-state index in [-0.39, 0.29) is 0 Å². The number of H-pyrrole nitrogens is 1. The molecule has 0 saturated carbocycles. The van der Waals surface area contributed by atoms with E-state index in [9.17, 15) is 0 Å². The third-order valence-electron chi connectivity index (χ3n) is 5.76. The van der Waals surface area contributed by atoms with Gasteiger partial charge in [0.05, 0.1) is 6.54 Å². The maximum atomic E-state index is 4.80. The summed E-state index contributed by atoms with van der Waals surface area (Å²) in [6, 6.07) is 12.7. The first kappa shape index (κ1) is 21.2. The molecule has 164 valence electrons. The zero-order valence-electron chi connectivity index (χ0n) is 18.6. The first-order chi connectivity index (χ1) is 15.2. The molecule has 3 heterocycles. The molecule has 0 radical (unpaired) electrons. The third kappa shape index (κ3) is 5.55. The zero-order valence-corrected chi connectivity index (χ0v) is 18.6. The summed E-state index contributed by atoms with van der Waals surface area (Å²) in [6.07, 6.45) is 4.94. The average molecular weight is 420 g/mol. The molecule has 0 atom stereocenters. The topological polar surface area (TPSA) is 71.6 Å². The van der Waals surface area contributed by atoms with E-state index in [1.54, 1.807) is 0 Å². The van der Waals surface area contributed by atoms with Crippen LogP contribution in [0, 0.1) is 0 Å². The van der Waals surface area contributed by atoms with Crippen LogP contribution >= 0.6 is 0 Å². The molecule has 0 amide bonds. The van der Waals surface area contributed by atoms with Crippen molar-refractivity contribution in [2.24, 2.45) is 4.99 Å². The van der Waals surface area contributed by atoms with Crippen LogP contribution in [-0.2, 0) is 13.0 Å². The van der Waals surface area contributed by atoms with Gasteiger partial charge in [-0.1, -0.05) is 18.2 Å². The number of aromatic amines is 1. The first-order valence-electron chi connectivity index (χ1n) is 11.2. The smallest absolute Gasteiger partial charge is 0.191 e. The minimum absolute atomic E-state index is 0.631. The molecule has 1 aliphatic heterocycles. The van der Waals surface area contributed by atoms with E-state index in [0.717, 1.165) is 57.5 Å². The minimum atomic E-state index is 0.631. The highest BCUT2D eigenvalue weighted by Gasteiger charge is 2.15. The molecule has 1 aliphatic rings. The first-order valence-corrected chi connectivity index (χ1v) is 11.2. The van der Waals surface area contributed by atoms with Gasteiger partial charge in [-0.25, -0.2) is 9.98 Å². The molecule has 1 saturated heterocycles. The molecule has 0 spiro atoms. The van der Waals surface area contributed by atoms with Crippen LogP contribution in [0.1, 0.15) is 18.1 Å². The van der Waals surface area contributed by atoms with Crippen molar-refractivity contribution in [1.82, 2.24) is 25.5 Å². The molecule has 31 heavy (non-hydrogen) atoms. The molecule has 0 bridgehead atoms. The van der Waals surface area contributed by atoms with E-state index in [4.69, 9.17) is 4.99 Å². The van der Waals surface area contributed by atoms with Gasteiger partial charge in [-0.3, -0.25) is 0 Å². The number of piperazine rings is 1. The van der Waals surface area contributed by atoms with Crippen LogP contribution in [0.15, 0.2) is 53.8 Å². The SMILES string of the molecule is CCNC(=NCc1ccnc(N2CCN(C)CC2)c1)NCCc1c[nH]c2ccccc12. The highest BCUT2D eigenvalue weighted by molar-refractivity contribution is 5.83. The van der Waals surface area contributed by atoms with Gasteiger partial charge in [-0.2, -0.15) is 0 Å². The molecular formula is C24H33N7. The van der Waals surface area contributed by atoms with Gasteiger partial charge in [0.25, 0.3) is 0 Å². The monoisotopic (exact) mass is 419 g/mol. The lowest BCUT2D eigenvalue weighted by Gasteiger charge is -2.33. The highest BCUT2D eigenvalue weighted by Crippen LogP contribution is 2.18. The van der Waals surface area contributed by atoms with Gasteiger partial charge in [-0.15, -0.1) is 0 Å². The lowest BCUT2D eigenvalue weighted by molar-refractivity contribution is 0.312. The summed E-state index contributed by atoms with van der Waals surface area (Å²) in [6.45, 7) is 8.59. The van der Waals surface area contributed by atoms with Crippen LogP contribution in [-0.4, -0.2) is 67.1 Å². The van der Waals surface area contributed by atoms with Crippen molar-refractivity contribution in [3.8, 4) is 0 Å². The van der Waals surface area contributed by atoms with E-state index in [1.165, 1.54) is 22.0 Å². The van der Waals surface area contributed by atoms with E-state index in [2.05, 4.69) is 87.0 Å². The van der Waals surface area contributed by atoms with Gasteiger partial charge in [0, 0.05) is 62.6 Å². The minimum Gasteiger partial charge on any atom is -0.361 e. The fraction of sp³-hybridized carbons (Fsp3) is 0.417. The summed E-state index contributed by atoms with van der Waals surface area (Å²) in [7, 11) is 2.17. The summed E-state index contributed by atoms with van der Waals surface area (Å²) in [5.74, 6) is 1.90. The number of hydrogen-bond acceptors (Lipinski definition) is 4. The highest BCUT2D eigenvalue weighted by atomic mass is 15.3. The van der Waals surface area contributed by atoms with Crippen molar-refractivity contribution in [1.29, 1.82) is 0 Å². The lowest BCUT2D eigenvalue weighted by atomic mass is 10.1. The van der Waals surface area contributed by atoms with Crippen molar-refractivity contribution in [2.75, 3.05) is 51.2 Å². The number of nitrogens with one attached hydrogen (secondary N) is 3. The Kier molecular flexibility index (Phi) is 7.04. The second kappa shape index (κ2) is 10.3. The fourth-order valence-corrected chi connectivity index (χ4v) is 3.93. The molecule has 7 heteroatoms. The second-order valence-corrected chi connectivity index (χ2v) is 8.04. The summed E-state index contributed by atoms with van der Waals surface area (Å²) in [5, 5.41) is 8.11. The predicted molar refractivity (Wildman–Crippen MR) is 129 cm³/mol. The maximum Gasteiger partial charge on any atom is 0.191 e. The average Bonchev–Trinajstić information content (AvgIpc) is 3.21. The number of para-hydroxylation sites is 1. The van der Waals surface area contributed by atoms with Gasteiger partial charge in [0.15, 0.2) is 5.96 Å². The molecular weight excluding hydrogens is 386 g/mol. The van der Waals surface area contributed by atoms with E-state index >= 15 is 0 Å². The molecule has 1 fully saturated rings. The van der Waals surface area contributed by atoms with Gasteiger partial charge in [0.2, 0.25) is 0 Å². The van der Waals surface area contributed by atoms with Gasteiger partial charge in [-0.05, 0) is 49.7 Å². The number of guanidine groups is 1. The standard InChI is InChI=1S/C24H33N7/c1-3-25-24(27-11-9-20-18-28-22-7-5-4-6-21(20)22)29-17-19-8-10-26-23(16-19)31-14-12-30(2)13-15-31/h4-8,10,16,18,28H,3,9,11-15,17H2,1-2H3,(H2,25,27,29). The molecule has 0 unspecified atom stereocenters. The van der Waals surface area contributed by atoms with Crippen molar-refractivity contribution in [2.45, 2.75) is 19.9 Å². The van der Waals surface area contributed by atoms with E-state index in [1.807, 2.05) is 6.20 Å². The number of anilines is 1. The molecule has 3 N–H and O–H groups in total. The number of fused-ring (bicyclic) bond motifs is 1. The Labute approximate surface area is 184 Å². The van der Waals surface area contributed by atoms with Crippen molar-refractivity contribution >= 4 is 22.7 Å². The van der Waals surface area contributed by atoms with Crippen LogP contribution in [0.2, 0.25) is 0 Å². The maximum absolute atomic E-state index is 4.80. The number of pyridine rings is 1. The molecule has 0 aliphatic carbocycles. The van der Waals surface area contributed by atoms with Gasteiger partial charge >= 0.3 is 0 Å². The molecule has 1 aromatic carbocycles. The van der Waals surface area contributed by atoms with E-state index < -0.39 is 0 Å². The van der Waals surface area contributed by atoms with Gasteiger partial charge < -0.3 is 25.4 Å². The quantitative estimate of drug-likeness (QED) is 0.406. The number of rotatable bonds is 7. The summed E-state index contributed by atoms with van der Waals surface area (Å²) in [4.78, 5) is 17.4. The number of benzene rings is 1. The largest absolute Gasteiger partial charge is 0.361 e. The summed E-state index contributed by atoms with van der Waals surface area (Å²) in [5.41, 5.74) is 3.69. The third-order valence-corrected chi connectivity index (χ3v) is 5.76. The Bertz CT molecular complexity index is 1000.